The number of rotatable bonds is 5. The van der Waals surface area contributed by atoms with Gasteiger partial charge in [-0.15, -0.1) is 10.2 Å². The molecule has 0 radical (unpaired) electrons. The van der Waals surface area contributed by atoms with Gasteiger partial charge in [0.25, 0.3) is 0 Å². The molecule has 1 N–H and O–H groups in total. The number of methoxy groups -OCH3 is 1. The van der Waals surface area contributed by atoms with E-state index in [9.17, 15) is 4.79 Å². The summed E-state index contributed by atoms with van der Waals surface area (Å²) in [5, 5.41) is 11.3. The van der Waals surface area contributed by atoms with Crippen LogP contribution in [0.2, 0.25) is 0 Å². The third kappa shape index (κ3) is 3.69. The van der Waals surface area contributed by atoms with Gasteiger partial charge in [0, 0.05) is 12.6 Å². The van der Waals surface area contributed by atoms with Gasteiger partial charge in [-0.25, -0.2) is 4.79 Å². The van der Waals surface area contributed by atoms with Crippen molar-refractivity contribution in [2.75, 3.05) is 19.0 Å². The van der Waals surface area contributed by atoms with Gasteiger partial charge in [-0.3, -0.25) is 0 Å². The highest BCUT2D eigenvalue weighted by Gasteiger charge is 2.34. The van der Waals surface area contributed by atoms with E-state index in [0.717, 1.165) is 32.3 Å². The minimum atomic E-state index is -0.476. The summed E-state index contributed by atoms with van der Waals surface area (Å²) in [5.41, 5.74) is 0.182. The largest absolute Gasteiger partial charge is 0.464 e. The predicted molar refractivity (Wildman–Crippen MR) is 79.3 cm³/mol. The smallest absolute Gasteiger partial charge is 0.358 e. The molecule has 1 aromatic rings. The average Bonchev–Trinajstić information content (AvgIpc) is 2.55. The van der Waals surface area contributed by atoms with Gasteiger partial charge in [0.1, 0.15) is 5.82 Å². The van der Waals surface area contributed by atoms with Crippen molar-refractivity contribution in [3.8, 4) is 0 Å². The molecule has 0 aliphatic carbocycles. The summed E-state index contributed by atoms with van der Waals surface area (Å²) < 4.78 is 10.6. The standard InChI is InChI=1S/C15H23N3O3/c1-4-15(5-2)10-11(8-9-21-15)16-13-7-6-12(17-18-13)14(19)20-3/h6-7,11H,4-5,8-10H2,1-3H3,(H,16,18). The number of nitrogens with zero attached hydrogens (tertiary/aromatic N) is 2. The second-order valence-electron chi connectivity index (χ2n) is 5.37. The van der Waals surface area contributed by atoms with Crippen LogP contribution in [0.3, 0.4) is 0 Å². The van der Waals surface area contributed by atoms with Crippen LogP contribution in [-0.2, 0) is 9.47 Å². The van der Waals surface area contributed by atoms with Gasteiger partial charge in [0.15, 0.2) is 5.69 Å². The highest BCUT2D eigenvalue weighted by atomic mass is 16.5. The van der Waals surface area contributed by atoms with Gasteiger partial charge in [0.2, 0.25) is 0 Å². The van der Waals surface area contributed by atoms with Crippen LogP contribution in [0.25, 0.3) is 0 Å². The summed E-state index contributed by atoms with van der Waals surface area (Å²) in [7, 11) is 1.33. The maximum Gasteiger partial charge on any atom is 0.358 e. The molecule has 0 bridgehead atoms. The Hall–Kier alpha value is -1.69. The zero-order valence-corrected chi connectivity index (χ0v) is 12.9. The molecule has 1 aromatic heterocycles. The minimum Gasteiger partial charge on any atom is -0.464 e. The summed E-state index contributed by atoms with van der Waals surface area (Å²) in [6, 6.07) is 3.69. The van der Waals surface area contributed by atoms with Gasteiger partial charge in [-0.05, 0) is 37.8 Å². The first-order valence-electron chi connectivity index (χ1n) is 7.45. The number of esters is 1. The van der Waals surface area contributed by atoms with Crippen LogP contribution in [0, 0.1) is 0 Å². The van der Waals surface area contributed by atoms with Crippen molar-refractivity contribution in [2.45, 2.75) is 51.2 Å². The third-order valence-corrected chi connectivity index (χ3v) is 4.19. The Morgan fingerprint density at radius 2 is 2.19 bits per heavy atom. The molecule has 2 heterocycles. The minimum absolute atomic E-state index is 0.0324. The molecule has 1 fully saturated rings. The van der Waals surface area contributed by atoms with Crippen molar-refractivity contribution in [1.29, 1.82) is 0 Å². The van der Waals surface area contributed by atoms with Gasteiger partial charge in [-0.2, -0.15) is 0 Å². The Balaban J connectivity index is 1.99. The van der Waals surface area contributed by atoms with E-state index in [-0.39, 0.29) is 11.3 Å². The van der Waals surface area contributed by atoms with E-state index >= 15 is 0 Å². The average molecular weight is 293 g/mol. The normalized spacial score (nSPS) is 20.8. The fourth-order valence-electron chi connectivity index (χ4n) is 2.73. The van der Waals surface area contributed by atoms with E-state index in [0.29, 0.717) is 11.9 Å². The summed E-state index contributed by atoms with van der Waals surface area (Å²) in [4.78, 5) is 11.3. The molecule has 2 rings (SSSR count). The number of nitrogens with one attached hydrogen (secondary N) is 1. The van der Waals surface area contributed by atoms with Gasteiger partial charge < -0.3 is 14.8 Å². The van der Waals surface area contributed by atoms with Gasteiger partial charge in [-0.1, -0.05) is 13.8 Å². The molecule has 1 aliphatic rings. The van der Waals surface area contributed by atoms with Crippen LogP contribution in [0.5, 0.6) is 0 Å². The lowest BCUT2D eigenvalue weighted by molar-refractivity contribution is -0.0864. The second kappa shape index (κ2) is 6.85. The zero-order valence-electron chi connectivity index (χ0n) is 12.9. The molecular formula is C15H23N3O3. The molecule has 6 nitrogen and oxygen atoms in total. The van der Waals surface area contributed by atoms with Crippen molar-refractivity contribution < 1.29 is 14.3 Å². The van der Waals surface area contributed by atoms with Crippen molar-refractivity contribution in [3.05, 3.63) is 17.8 Å². The summed E-state index contributed by atoms with van der Waals surface area (Å²) in [5.74, 6) is 0.201. The summed E-state index contributed by atoms with van der Waals surface area (Å²) in [6.45, 7) is 5.08. The maximum absolute atomic E-state index is 11.3. The molecule has 0 amide bonds. The first kappa shape index (κ1) is 15.7. The van der Waals surface area contributed by atoms with Gasteiger partial charge in [0.05, 0.1) is 12.7 Å². The van der Waals surface area contributed by atoms with Crippen LogP contribution in [-0.4, -0.2) is 41.5 Å². The molecule has 0 aromatic carbocycles. The van der Waals surface area contributed by atoms with Crippen LogP contribution in [0.15, 0.2) is 12.1 Å². The number of anilines is 1. The molecular weight excluding hydrogens is 270 g/mol. The molecule has 0 saturated carbocycles. The summed E-state index contributed by atoms with van der Waals surface area (Å²) in [6.07, 6.45) is 3.92. The van der Waals surface area contributed by atoms with Crippen molar-refractivity contribution in [1.82, 2.24) is 10.2 Å². The molecule has 1 saturated heterocycles. The molecule has 0 spiro atoms. The molecule has 1 unspecified atom stereocenters. The Bertz CT molecular complexity index is 472. The number of hydrogen-bond donors (Lipinski definition) is 1. The number of ether oxygens (including phenoxy) is 2. The topological polar surface area (TPSA) is 73.3 Å². The highest BCUT2D eigenvalue weighted by Crippen LogP contribution is 2.32. The zero-order chi connectivity index (χ0) is 15.3. The van der Waals surface area contributed by atoms with E-state index in [1.165, 1.54) is 7.11 Å². The van der Waals surface area contributed by atoms with Crippen LogP contribution in [0.4, 0.5) is 5.82 Å². The first-order chi connectivity index (χ1) is 10.1. The van der Waals surface area contributed by atoms with E-state index in [2.05, 4.69) is 34.1 Å². The van der Waals surface area contributed by atoms with Crippen LogP contribution >= 0.6 is 0 Å². The lowest BCUT2D eigenvalue weighted by Gasteiger charge is -2.40. The summed E-state index contributed by atoms with van der Waals surface area (Å²) >= 11 is 0. The van der Waals surface area contributed by atoms with E-state index in [4.69, 9.17) is 4.74 Å². The van der Waals surface area contributed by atoms with Crippen molar-refractivity contribution >= 4 is 11.8 Å². The fourth-order valence-corrected chi connectivity index (χ4v) is 2.73. The molecule has 1 aliphatic heterocycles. The Morgan fingerprint density at radius 1 is 1.43 bits per heavy atom. The fraction of sp³-hybridized carbons (Fsp3) is 0.667. The number of carbonyl (C=O) groups excluding carboxylic acids is 1. The van der Waals surface area contributed by atoms with E-state index in [1.54, 1.807) is 12.1 Å². The second-order valence-corrected chi connectivity index (χ2v) is 5.37. The Morgan fingerprint density at radius 3 is 2.76 bits per heavy atom. The molecule has 1 atom stereocenters. The quantitative estimate of drug-likeness (QED) is 0.840. The predicted octanol–water partition coefficient (Wildman–Crippen LogP) is 2.41. The first-order valence-corrected chi connectivity index (χ1v) is 7.45. The lowest BCUT2D eigenvalue weighted by Crippen LogP contribution is -2.43. The SMILES string of the molecule is CCC1(CC)CC(Nc2ccc(C(=O)OC)nn2)CCO1. The third-order valence-electron chi connectivity index (χ3n) is 4.19. The monoisotopic (exact) mass is 293 g/mol. The van der Waals surface area contributed by atoms with Crippen molar-refractivity contribution in [2.24, 2.45) is 0 Å². The Labute approximate surface area is 125 Å². The van der Waals surface area contributed by atoms with Crippen LogP contribution in [0.1, 0.15) is 50.0 Å². The van der Waals surface area contributed by atoms with Crippen LogP contribution < -0.4 is 5.32 Å². The number of aromatic nitrogens is 2. The maximum atomic E-state index is 11.3. The Kier molecular flexibility index (Phi) is 5.12. The van der Waals surface area contributed by atoms with Crippen molar-refractivity contribution in [3.63, 3.8) is 0 Å². The molecule has 116 valence electrons. The molecule has 6 heteroatoms. The highest BCUT2D eigenvalue weighted by molar-refractivity contribution is 5.86. The lowest BCUT2D eigenvalue weighted by atomic mass is 9.86. The van der Waals surface area contributed by atoms with E-state index < -0.39 is 5.97 Å². The number of carbonyl (C=O) groups is 1. The van der Waals surface area contributed by atoms with Gasteiger partial charge >= 0.3 is 5.97 Å². The van der Waals surface area contributed by atoms with E-state index in [1.807, 2.05) is 0 Å². The number of hydrogen-bond acceptors (Lipinski definition) is 6. The molecule has 21 heavy (non-hydrogen) atoms.